The van der Waals surface area contributed by atoms with Crippen molar-refractivity contribution in [2.75, 3.05) is 46.0 Å². The average Bonchev–Trinajstić information content (AvgIpc) is 2.63. The number of hydrogen-bond donors (Lipinski definition) is 0. The Bertz CT molecular complexity index is 599. The van der Waals surface area contributed by atoms with Crippen molar-refractivity contribution in [3.05, 3.63) is 34.9 Å². The van der Waals surface area contributed by atoms with Crippen LogP contribution in [0.3, 0.4) is 0 Å². The zero-order valence-electron chi connectivity index (χ0n) is 15.7. The van der Waals surface area contributed by atoms with Crippen molar-refractivity contribution >= 4 is 5.91 Å². The topological polar surface area (TPSA) is 42.0 Å². The molecule has 0 bridgehead atoms. The Morgan fingerprint density at radius 1 is 1.24 bits per heavy atom. The first-order valence-electron chi connectivity index (χ1n) is 9.33. The van der Waals surface area contributed by atoms with E-state index in [1.165, 1.54) is 16.7 Å². The Kier molecular flexibility index (Phi) is 6.10. The SMILES string of the molecule is Cc1ccc(C)c([C@H]2CN(CCC(=O)N3CCOCC3)[C@H](C)CO2)c1. The van der Waals surface area contributed by atoms with Crippen LogP contribution < -0.4 is 0 Å². The van der Waals surface area contributed by atoms with Crippen molar-refractivity contribution < 1.29 is 14.3 Å². The molecule has 5 nitrogen and oxygen atoms in total. The molecule has 2 atom stereocenters. The first kappa shape index (κ1) is 18.4. The molecule has 0 unspecified atom stereocenters. The first-order chi connectivity index (χ1) is 12.0. The average molecular weight is 346 g/mol. The lowest BCUT2D eigenvalue weighted by Crippen LogP contribution is -2.47. The van der Waals surface area contributed by atoms with E-state index in [1.807, 2.05) is 4.90 Å². The summed E-state index contributed by atoms with van der Waals surface area (Å²) in [7, 11) is 0. The molecule has 0 aromatic heterocycles. The van der Waals surface area contributed by atoms with E-state index in [4.69, 9.17) is 9.47 Å². The Hall–Kier alpha value is -1.43. The highest BCUT2D eigenvalue weighted by Crippen LogP contribution is 2.28. The van der Waals surface area contributed by atoms with Crippen LogP contribution >= 0.6 is 0 Å². The molecule has 2 fully saturated rings. The zero-order valence-corrected chi connectivity index (χ0v) is 15.7. The second kappa shape index (κ2) is 8.30. The number of amides is 1. The quantitative estimate of drug-likeness (QED) is 0.839. The van der Waals surface area contributed by atoms with Gasteiger partial charge in [-0.1, -0.05) is 23.8 Å². The summed E-state index contributed by atoms with van der Waals surface area (Å²) < 4.78 is 11.4. The van der Waals surface area contributed by atoms with E-state index in [0.29, 0.717) is 32.3 Å². The number of morpholine rings is 2. The summed E-state index contributed by atoms with van der Waals surface area (Å²) in [6.45, 7) is 11.6. The number of carbonyl (C=O) groups excluding carboxylic acids is 1. The molecule has 0 N–H and O–H groups in total. The second-order valence-electron chi connectivity index (χ2n) is 7.27. The van der Waals surface area contributed by atoms with E-state index in [1.54, 1.807) is 0 Å². The fraction of sp³-hybridized carbons (Fsp3) is 0.650. The van der Waals surface area contributed by atoms with Crippen molar-refractivity contribution in [2.24, 2.45) is 0 Å². The Labute approximate surface area is 150 Å². The summed E-state index contributed by atoms with van der Waals surface area (Å²) in [5.41, 5.74) is 3.81. The van der Waals surface area contributed by atoms with E-state index >= 15 is 0 Å². The summed E-state index contributed by atoms with van der Waals surface area (Å²) in [5, 5.41) is 0. The number of ether oxygens (including phenoxy) is 2. The van der Waals surface area contributed by atoms with Gasteiger partial charge in [-0.3, -0.25) is 9.69 Å². The predicted octanol–water partition coefficient (Wildman–Crippen LogP) is 2.31. The van der Waals surface area contributed by atoms with Crippen LogP contribution in [0, 0.1) is 13.8 Å². The highest BCUT2D eigenvalue weighted by atomic mass is 16.5. The summed E-state index contributed by atoms with van der Waals surface area (Å²) in [4.78, 5) is 16.7. The largest absolute Gasteiger partial charge is 0.378 e. The lowest BCUT2D eigenvalue weighted by Gasteiger charge is -2.39. The lowest BCUT2D eigenvalue weighted by molar-refractivity contribution is -0.136. The molecular formula is C20H30N2O3. The number of benzene rings is 1. The maximum atomic E-state index is 12.4. The van der Waals surface area contributed by atoms with Crippen molar-refractivity contribution in [3.8, 4) is 0 Å². The lowest BCUT2D eigenvalue weighted by atomic mass is 9.98. The predicted molar refractivity (Wildman–Crippen MR) is 97.7 cm³/mol. The summed E-state index contributed by atoms with van der Waals surface area (Å²) in [6, 6.07) is 6.88. The highest BCUT2D eigenvalue weighted by Gasteiger charge is 2.28. The van der Waals surface area contributed by atoms with E-state index in [-0.39, 0.29) is 12.0 Å². The molecule has 1 aromatic rings. The van der Waals surface area contributed by atoms with E-state index in [9.17, 15) is 4.79 Å². The molecule has 5 heteroatoms. The number of carbonyl (C=O) groups is 1. The molecule has 0 saturated carbocycles. The maximum Gasteiger partial charge on any atom is 0.224 e. The van der Waals surface area contributed by atoms with Gasteiger partial charge in [0.15, 0.2) is 0 Å². The van der Waals surface area contributed by atoms with E-state index < -0.39 is 0 Å². The minimum atomic E-state index is 0.0922. The van der Waals surface area contributed by atoms with Gasteiger partial charge in [-0.2, -0.15) is 0 Å². The van der Waals surface area contributed by atoms with Gasteiger partial charge in [-0.15, -0.1) is 0 Å². The van der Waals surface area contributed by atoms with Gasteiger partial charge in [-0.25, -0.2) is 0 Å². The van der Waals surface area contributed by atoms with Crippen molar-refractivity contribution in [1.82, 2.24) is 9.80 Å². The van der Waals surface area contributed by atoms with E-state index in [2.05, 4.69) is 43.9 Å². The normalized spacial score (nSPS) is 25.2. The van der Waals surface area contributed by atoms with E-state index in [0.717, 1.165) is 26.2 Å². The van der Waals surface area contributed by atoms with Crippen molar-refractivity contribution in [2.45, 2.75) is 39.3 Å². The van der Waals surface area contributed by atoms with Crippen LogP contribution in [-0.2, 0) is 14.3 Å². The molecule has 2 aliphatic heterocycles. The van der Waals surface area contributed by atoms with Crippen LogP contribution in [-0.4, -0.2) is 67.7 Å². The molecular weight excluding hydrogens is 316 g/mol. The summed E-state index contributed by atoms with van der Waals surface area (Å²) >= 11 is 0. The van der Waals surface area contributed by atoms with Gasteiger partial charge in [0.1, 0.15) is 0 Å². The fourth-order valence-corrected chi connectivity index (χ4v) is 3.62. The molecule has 2 heterocycles. The van der Waals surface area contributed by atoms with Gasteiger partial charge >= 0.3 is 0 Å². The van der Waals surface area contributed by atoms with Crippen LogP contribution in [0.1, 0.15) is 36.1 Å². The maximum absolute atomic E-state index is 12.4. The Balaban J connectivity index is 1.59. The third kappa shape index (κ3) is 4.60. The molecule has 3 rings (SSSR count). The smallest absolute Gasteiger partial charge is 0.224 e. The number of aryl methyl sites for hydroxylation is 2. The first-order valence-corrected chi connectivity index (χ1v) is 9.33. The number of nitrogens with zero attached hydrogens (tertiary/aromatic N) is 2. The number of hydrogen-bond acceptors (Lipinski definition) is 4. The van der Waals surface area contributed by atoms with Crippen LogP contribution in [0.15, 0.2) is 18.2 Å². The van der Waals surface area contributed by atoms with Gasteiger partial charge in [0.25, 0.3) is 0 Å². The second-order valence-corrected chi connectivity index (χ2v) is 7.27. The van der Waals surface area contributed by atoms with Gasteiger partial charge in [0.05, 0.1) is 25.9 Å². The van der Waals surface area contributed by atoms with Crippen molar-refractivity contribution in [1.29, 1.82) is 0 Å². The minimum absolute atomic E-state index is 0.0922. The van der Waals surface area contributed by atoms with Crippen LogP contribution in [0.25, 0.3) is 0 Å². The van der Waals surface area contributed by atoms with Gasteiger partial charge < -0.3 is 14.4 Å². The van der Waals surface area contributed by atoms with Gasteiger partial charge in [0.2, 0.25) is 5.91 Å². The van der Waals surface area contributed by atoms with Crippen LogP contribution in [0.2, 0.25) is 0 Å². The van der Waals surface area contributed by atoms with Crippen LogP contribution in [0.5, 0.6) is 0 Å². The van der Waals surface area contributed by atoms with Gasteiger partial charge in [0, 0.05) is 38.6 Å². The molecule has 2 aliphatic rings. The standard InChI is InChI=1S/C20H30N2O3/c1-15-4-5-16(2)18(12-15)19-13-22(17(3)14-25-19)7-6-20(23)21-8-10-24-11-9-21/h4-5,12,17,19H,6-11,13-14H2,1-3H3/t17-,19-/m1/s1. The zero-order chi connectivity index (χ0) is 17.8. The molecule has 2 saturated heterocycles. The molecule has 0 radical (unpaired) electrons. The van der Waals surface area contributed by atoms with Crippen molar-refractivity contribution in [3.63, 3.8) is 0 Å². The fourth-order valence-electron chi connectivity index (χ4n) is 3.62. The number of rotatable bonds is 4. The highest BCUT2D eigenvalue weighted by molar-refractivity contribution is 5.76. The Morgan fingerprint density at radius 3 is 2.76 bits per heavy atom. The monoisotopic (exact) mass is 346 g/mol. The molecule has 1 amide bonds. The Morgan fingerprint density at radius 2 is 2.00 bits per heavy atom. The third-order valence-electron chi connectivity index (χ3n) is 5.32. The molecule has 1 aromatic carbocycles. The minimum Gasteiger partial charge on any atom is -0.378 e. The molecule has 0 spiro atoms. The van der Waals surface area contributed by atoms with Crippen LogP contribution in [0.4, 0.5) is 0 Å². The molecule has 0 aliphatic carbocycles. The summed E-state index contributed by atoms with van der Waals surface area (Å²) in [6.07, 6.45) is 0.665. The summed E-state index contributed by atoms with van der Waals surface area (Å²) in [5.74, 6) is 0.241. The third-order valence-corrected chi connectivity index (χ3v) is 5.32. The van der Waals surface area contributed by atoms with Gasteiger partial charge in [-0.05, 0) is 31.9 Å². The molecule has 25 heavy (non-hydrogen) atoms. The molecule has 138 valence electrons.